The molecule has 11 heteroatoms. The summed E-state index contributed by atoms with van der Waals surface area (Å²) >= 11 is 0. The summed E-state index contributed by atoms with van der Waals surface area (Å²) in [6, 6.07) is 8.17. The third kappa shape index (κ3) is 5.76. The van der Waals surface area contributed by atoms with Crippen LogP contribution >= 0.6 is 0 Å². The Kier molecular flexibility index (Phi) is 7.37. The van der Waals surface area contributed by atoms with E-state index in [0.717, 1.165) is 17.7 Å². The van der Waals surface area contributed by atoms with Crippen LogP contribution in [0.2, 0.25) is 0 Å². The number of benzene rings is 2. The van der Waals surface area contributed by atoms with Gasteiger partial charge in [-0.25, -0.2) is 8.42 Å². The third-order valence-corrected chi connectivity index (χ3v) is 7.74. The summed E-state index contributed by atoms with van der Waals surface area (Å²) in [7, 11) is -3.74. The molecule has 1 fully saturated rings. The van der Waals surface area contributed by atoms with Crippen molar-refractivity contribution < 1.29 is 31.2 Å². The van der Waals surface area contributed by atoms with Crippen LogP contribution in [-0.2, 0) is 25.8 Å². The molecule has 0 atom stereocenters. The van der Waals surface area contributed by atoms with Crippen molar-refractivity contribution in [3.05, 3.63) is 53.1 Å². The second kappa shape index (κ2) is 9.75. The quantitative estimate of drug-likeness (QED) is 0.643. The highest BCUT2D eigenvalue weighted by molar-refractivity contribution is 7.89. The molecule has 2 N–H and O–H groups in total. The van der Waals surface area contributed by atoms with Crippen molar-refractivity contribution in [3.63, 3.8) is 0 Å². The molecule has 0 saturated carbocycles. The average Bonchev–Trinajstić information content (AvgIpc) is 2.73. The molecule has 1 heterocycles. The van der Waals surface area contributed by atoms with E-state index in [2.05, 4.69) is 10.6 Å². The summed E-state index contributed by atoms with van der Waals surface area (Å²) in [5.74, 6) is -1.77. The molecule has 184 valence electrons. The van der Waals surface area contributed by atoms with Crippen LogP contribution in [-0.4, -0.2) is 37.6 Å². The number of carbonyl (C=O) groups excluding carboxylic acids is 2. The molecule has 2 aromatic carbocycles. The number of amides is 2. The van der Waals surface area contributed by atoms with Gasteiger partial charge in [0.05, 0.1) is 16.1 Å². The lowest BCUT2D eigenvalue weighted by Crippen LogP contribution is -2.41. The Morgan fingerprint density at radius 3 is 2.21 bits per heavy atom. The molecule has 2 amide bonds. The standard InChI is InChI=1S/C23H26F3N3O4S/c1-14-4-7-21(15(2)12-14)34(32,33)29-10-8-17(9-11-29)22(31)28-20-6-5-18(27-16(3)30)13-19(20)23(24,25)26/h4-7,12-13,17H,8-11H2,1-3H3,(H,27,30)(H,28,31). The molecule has 0 bridgehead atoms. The number of rotatable bonds is 5. The largest absolute Gasteiger partial charge is 0.418 e. The Labute approximate surface area is 196 Å². The number of hydrogen-bond donors (Lipinski definition) is 2. The second-order valence-electron chi connectivity index (χ2n) is 8.38. The second-order valence-corrected chi connectivity index (χ2v) is 10.3. The van der Waals surface area contributed by atoms with Gasteiger partial charge in [-0.15, -0.1) is 0 Å². The van der Waals surface area contributed by atoms with Crippen molar-refractivity contribution in [1.82, 2.24) is 4.31 Å². The molecule has 0 radical (unpaired) electrons. The van der Waals surface area contributed by atoms with Gasteiger partial charge < -0.3 is 10.6 Å². The van der Waals surface area contributed by atoms with Crippen LogP contribution in [0.5, 0.6) is 0 Å². The summed E-state index contributed by atoms with van der Waals surface area (Å²) < 4.78 is 67.9. The summed E-state index contributed by atoms with van der Waals surface area (Å²) in [5, 5.41) is 4.61. The first-order valence-electron chi connectivity index (χ1n) is 10.7. The van der Waals surface area contributed by atoms with Gasteiger partial charge in [0.25, 0.3) is 0 Å². The van der Waals surface area contributed by atoms with Crippen molar-refractivity contribution in [2.24, 2.45) is 5.92 Å². The number of hydrogen-bond acceptors (Lipinski definition) is 4. The van der Waals surface area contributed by atoms with Gasteiger partial charge in [0.1, 0.15) is 0 Å². The van der Waals surface area contributed by atoms with E-state index in [-0.39, 0.29) is 36.5 Å². The van der Waals surface area contributed by atoms with Crippen LogP contribution in [0.1, 0.15) is 36.5 Å². The van der Waals surface area contributed by atoms with Gasteiger partial charge in [0, 0.05) is 31.6 Å². The molecule has 7 nitrogen and oxygen atoms in total. The van der Waals surface area contributed by atoms with Crippen LogP contribution in [0.4, 0.5) is 24.5 Å². The maximum absolute atomic E-state index is 13.5. The fraction of sp³-hybridized carbons (Fsp3) is 0.391. The Morgan fingerprint density at radius 1 is 1.00 bits per heavy atom. The number of nitrogens with one attached hydrogen (secondary N) is 2. The normalized spacial score (nSPS) is 15.7. The first-order chi connectivity index (χ1) is 15.8. The molecule has 0 aromatic heterocycles. The van der Waals surface area contributed by atoms with Crippen molar-refractivity contribution in [3.8, 4) is 0 Å². The molecule has 34 heavy (non-hydrogen) atoms. The van der Waals surface area contributed by atoms with Gasteiger partial charge in [-0.05, 0) is 56.5 Å². The zero-order valence-electron chi connectivity index (χ0n) is 19.0. The third-order valence-electron chi connectivity index (χ3n) is 5.68. The van der Waals surface area contributed by atoms with Crippen molar-refractivity contribution in [2.75, 3.05) is 23.7 Å². The smallest absolute Gasteiger partial charge is 0.326 e. The minimum absolute atomic E-state index is 0.0391. The first kappa shape index (κ1) is 25.7. The van der Waals surface area contributed by atoms with Crippen LogP contribution in [0, 0.1) is 19.8 Å². The Bertz CT molecular complexity index is 1200. The van der Waals surface area contributed by atoms with E-state index in [9.17, 15) is 31.2 Å². The number of halogens is 3. The Balaban J connectivity index is 1.71. The molecule has 0 spiro atoms. The maximum atomic E-state index is 13.5. The lowest BCUT2D eigenvalue weighted by Gasteiger charge is -2.31. The van der Waals surface area contributed by atoms with E-state index in [0.29, 0.717) is 5.56 Å². The first-order valence-corrected chi connectivity index (χ1v) is 12.1. The number of anilines is 2. The van der Waals surface area contributed by atoms with E-state index < -0.39 is 45.2 Å². The maximum Gasteiger partial charge on any atom is 0.418 e. The lowest BCUT2D eigenvalue weighted by molar-refractivity contribution is -0.137. The van der Waals surface area contributed by atoms with Gasteiger partial charge in [0.2, 0.25) is 21.8 Å². The van der Waals surface area contributed by atoms with Crippen molar-refractivity contribution in [2.45, 2.75) is 44.7 Å². The average molecular weight is 498 g/mol. The molecule has 1 aliphatic rings. The van der Waals surface area contributed by atoms with E-state index in [1.165, 1.54) is 17.3 Å². The van der Waals surface area contributed by atoms with E-state index in [4.69, 9.17) is 0 Å². The van der Waals surface area contributed by atoms with Gasteiger partial charge in [-0.1, -0.05) is 17.7 Å². The predicted octanol–water partition coefficient (Wildman–Crippen LogP) is 4.32. The van der Waals surface area contributed by atoms with Crippen LogP contribution in [0.15, 0.2) is 41.3 Å². The fourth-order valence-electron chi connectivity index (χ4n) is 3.99. The van der Waals surface area contributed by atoms with Crippen molar-refractivity contribution >= 4 is 33.2 Å². The number of nitrogens with zero attached hydrogens (tertiary/aromatic N) is 1. The molecular weight excluding hydrogens is 471 g/mol. The SMILES string of the molecule is CC(=O)Nc1ccc(NC(=O)C2CCN(S(=O)(=O)c3ccc(C)cc3C)CC2)c(C(F)(F)F)c1. The molecule has 1 aliphatic heterocycles. The van der Waals surface area contributed by atoms with Crippen LogP contribution < -0.4 is 10.6 Å². The Hall–Kier alpha value is -2.92. The molecule has 1 saturated heterocycles. The lowest BCUT2D eigenvalue weighted by atomic mass is 9.97. The zero-order chi connectivity index (χ0) is 25.3. The molecule has 0 aliphatic carbocycles. The topological polar surface area (TPSA) is 95.6 Å². The number of alkyl halides is 3. The van der Waals surface area contributed by atoms with Crippen LogP contribution in [0.25, 0.3) is 0 Å². The monoisotopic (exact) mass is 497 g/mol. The highest BCUT2D eigenvalue weighted by Gasteiger charge is 2.36. The van der Waals surface area contributed by atoms with Crippen molar-refractivity contribution in [1.29, 1.82) is 0 Å². The number of carbonyl (C=O) groups is 2. The van der Waals surface area contributed by atoms with Crippen LogP contribution in [0.3, 0.4) is 0 Å². The summed E-state index contributed by atoms with van der Waals surface area (Å²) in [6.07, 6.45) is -4.39. The summed E-state index contributed by atoms with van der Waals surface area (Å²) in [6.45, 7) is 4.93. The minimum atomic E-state index is -4.75. The summed E-state index contributed by atoms with van der Waals surface area (Å²) in [4.78, 5) is 24.1. The van der Waals surface area contributed by atoms with Gasteiger partial charge in [-0.2, -0.15) is 17.5 Å². The predicted molar refractivity (Wildman–Crippen MR) is 122 cm³/mol. The van der Waals surface area contributed by atoms with E-state index in [1.807, 2.05) is 6.92 Å². The number of piperidine rings is 1. The van der Waals surface area contributed by atoms with Gasteiger partial charge in [-0.3, -0.25) is 9.59 Å². The highest BCUT2D eigenvalue weighted by Crippen LogP contribution is 2.37. The van der Waals surface area contributed by atoms with E-state index in [1.54, 1.807) is 25.1 Å². The van der Waals surface area contributed by atoms with Gasteiger partial charge in [0.15, 0.2) is 0 Å². The Morgan fingerprint density at radius 2 is 1.65 bits per heavy atom. The summed E-state index contributed by atoms with van der Waals surface area (Å²) in [5.41, 5.74) is 0.0269. The number of sulfonamides is 1. The molecule has 2 aromatic rings. The van der Waals surface area contributed by atoms with Gasteiger partial charge >= 0.3 is 6.18 Å². The fourth-order valence-corrected chi connectivity index (χ4v) is 5.67. The highest BCUT2D eigenvalue weighted by atomic mass is 32.2. The molecule has 3 rings (SSSR count). The zero-order valence-corrected chi connectivity index (χ0v) is 19.8. The minimum Gasteiger partial charge on any atom is -0.326 e. The number of aryl methyl sites for hydroxylation is 2. The molecular formula is C23H26F3N3O4S. The molecule has 0 unspecified atom stereocenters. The van der Waals surface area contributed by atoms with E-state index >= 15 is 0 Å².